The number of thiazole rings is 1. The van der Waals surface area contributed by atoms with Crippen molar-refractivity contribution in [3.05, 3.63) is 16.1 Å². The lowest BCUT2D eigenvalue weighted by Gasteiger charge is -2.31. The number of aryl methyl sites for hydroxylation is 1. The molecule has 4 nitrogen and oxygen atoms in total. The number of hydrogen-bond acceptors (Lipinski definition) is 4. The molecule has 0 amide bonds. The van der Waals surface area contributed by atoms with Gasteiger partial charge in [-0.3, -0.25) is 9.69 Å². The first-order chi connectivity index (χ1) is 7.35. The number of hydrogen-bond donors (Lipinski definition) is 1. The zero-order valence-corrected chi connectivity index (χ0v) is 11.0. The number of aromatic nitrogens is 1. The second-order valence-electron chi connectivity index (χ2n) is 4.40. The van der Waals surface area contributed by atoms with E-state index in [1.807, 2.05) is 24.4 Å². The van der Waals surface area contributed by atoms with Crippen LogP contribution in [0.15, 0.2) is 5.51 Å². The van der Waals surface area contributed by atoms with Gasteiger partial charge in [0.05, 0.1) is 11.2 Å². The molecule has 0 spiro atoms. The predicted molar refractivity (Wildman–Crippen MR) is 64.9 cm³/mol. The van der Waals surface area contributed by atoms with E-state index in [0.29, 0.717) is 0 Å². The highest BCUT2D eigenvalue weighted by molar-refractivity contribution is 7.09. The van der Waals surface area contributed by atoms with Crippen molar-refractivity contribution in [2.24, 2.45) is 0 Å². The lowest BCUT2D eigenvalue weighted by molar-refractivity contribution is -0.148. The summed E-state index contributed by atoms with van der Waals surface area (Å²) in [7, 11) is 1.84. The first-order valence-corrected chi connectivity index (χ1v) is 6.07. The van der Waals surface area contributed by atoms with Crippen molar-refractivity contribution < 1.29 is 9.90 Å². The van der Waals surface area contributed by atoms with Crippen LogP contribution in [0.2, 0.25) is 0 Å². The van der Waals surface area contributed by atoms with Crippen LogP contribution < -0.4 is 0 Å². The highest BCUT2D eigenvalue weighted by Crippen LogP contribution is 2.16. The van der Waals surface area contributed by atoms with E-state index in [0.717, 1.165) is 18.7 Å². The maximum absolute atomic E-state index is 11.0. The standard InChI is InChI=1S/C11H18N2O2S/c1-8-9(16-7-12-8)5-6-13(4)11(2,3)10(14)15/h7H,5-6H2,1-4H3,(H,14,15). The smallest absolute Gasteiger partial charge is 0.323 e. The minimum absolute atomic E-state index is 0.725. The van der Waals surface area contributed by atoms with Gasteiger partial charge >= 0.3 is 5.97 Å². The molecular weight excluding hydrogens is 224 g/mol. The Balaban J connectivity index is 2.56. The van der Waals surface area contributed by atoms with Gasteiger partial charge in [-0.2, -0.15) is 0 Å². The van der Waals surface area contributed by atoms with Crippen LogP contribution >= 0.6 is 11.3 Å². The Morgan fingerprint density at radius 3 is 2.69 bits per heavy atom. The molecule has 1 heterocycles. The zero-order valence-electron chi connectivity index (χ0n) is 10.1. The topological polar surface area (TPSA) is 53.4 Å². The van der Waals surface area contributed by atoms with Crippen LogP contribution in [0.4, 0.5) is 0 Å². The normalized spacial score (nSPS) is 12.1. The third-order valence-corrected chi connectivity index (χ3v) is 3.99. The number of carboxylic acids is 1. The van der Waals surface area contributed by atoms with Gasteiger partial charge in [-0.05, 0) is 34.2 Å². The molecule has 1 aromatic heterocycles. The van der Waals surface area contributed by atoms with Crippen LogP contribution in [0, 0.1) is 6.92 Å². The van der Waals surface area contributed by atoms with E-state index < -0.39 is 11.5 Å². The molecule has 5 heteroatoms. The Morgan fingerprint density at radius 1 is 1.62 bits per heavy atom. The van der Waals surface area contributed by atoms with E-state index in [1.54, 1.807) is 25.2 Å². The largest absolute Gasteiger partial charge is 0.480 e. The van der Waals surface area contributed by atoms with Crippen LogP contribution in [0.1, 0.15) is 24.4 Å². The number of carboxylic acid groups (broad SMARTS) is 1. The molecular formula is C11H18N2O2S. The molecule has 0 radical (unpaired) electrons. The van der Waals surface area contributed by atoms with E-state index in [1.165, 1.54) is 4.88 Å². The zero-order chi connectivity index (χ0) is 12.3. The maximum atomic E-state index is 11.0. The van der Waals surface area contributed by atoms with Gasteiger partial charge in [0.1, 0.15) is 5.54 Å². The summed E-state index contributed by atoms with van der Waals surface area (Å²) in [5.74, 6) is -0.795. The van der Waals surface area contributed by atoms with E-state index in [2.05, 4.69) is 4.98 Å². The van der Waals surface area contributed by atoms with Gasteiger partial charge in [0.2, 0.25) is 0 Å². The van der Waals surface area contributed by atoms with Crippen molar-refractivity contribution in [1.82, 2.24) is 9.88 Å². The number of aliphatic carboxylic acids is 1. The van der Waals surface area contributed by atoms with Gasteiger partial charge in [-0.25, -0.2) is 4.98 Å². The Labute approximate surface area is 99.9 Å². The van der Waals surface area contributed by atoms with Gasteiger partial charge in [0, 0.05) is 11.4 Å². The molecule has 0 saturated heterocycles. The van der Waals surface area contributed by atoms with Crippen molar-refractivity contribution in [2.45, 2.75) is 32.7 Å². The van der Waals surface area contributed by atoms with Gasteiger partial charge in [0.25, 0.3) is 0 Å². The summed E-state index contributed by atoms with van der Waals surface area (Å²) in [5, 5.41) is 9.07. The molecule has 0 saturated carbocycles. The number of likely N-dealkylation sites (N-methyl/N-ethyl adjacent to an activating group) is 1. The minimum Gasteiger partial charge on any atom is -0.480 e. The summed E-state index contributed by atoms with van der Waals surface area (Å²) in [6, 6.07) is 0. The Bertz CT molecular complexity index is 374. The number of rotatable bonds is 5. The van der Waals surface area contributed by atoms with E-state index in [4.69, 9.17) is 5.11 Å². The first kappa shape index (κ1) is 13.1. The molecule has 16 heavy (non-hydrogen) atoms. The fraction of sp³-hybridized carbons (Fsp3) is 0.636. The average Bonchev–Trinajstić information content (AvgIpc) is 2.60. The maximum Gasteiger partial charge on any atom is 0.323 e. The van der Waals surface area contributed by atoms with Crippen LogP contribution in [-0.2, 0) is 11.2 Å². The molecule has 1 aromatic rings. The SMILES string of the molecule is Cc1ncsc1CCN(C)C(C)(C)C(=O)O. The Kier molecular flexibility index (Phi) is 4.04. The molecule has 0 bridgehead atoms. The molecule has 1 N–H and O–H groups in total. The number of nitrogens with zero attached hydrogens (tertiary/aromatic N) is 2. The van der Waals surface area contributed by atoms with Gasteiger partial charge in [0.15, 0.2) is 0 Å². The quantitative estimate of drug-likeness (QED) is 0.855. The molecule has 0 atom stereocenters. The van der Waals surface area contributed by atoms with E-state index >= 15 is 0 Å². The highest BCUT2D eigenvalue weighted by Gasteiger charge is 2.31. The lowest BCUT2D eigenvalue weighted by atomic mass is 10.0. The van der Waals surface area contributed by atoms with Gasteiger partial charge in [-0.15, -0.1) is 11.3 Å². The molecule has 0 aliphatic heterocycles. The molecule has 90 valence electrons. The molecule has 0 aliphatic carbocycles. The van der Waals surface area contributed by atoms with Crippen LogP contribution in [-0.4, -0.2) is 40.1 Å². The first-order valence-electron chi connectivity index (χ1n) is 5.19. The van der Waals surface area contributed by atoms with E-state index in [9.17, 15) is 4.79 Å². The van der Waals surface area contributed by atoms with Crippen LogP contribution in [0.3, 0.4) is 0 Å². The second-order valence-corrected chi connectivity index (χ2v) is 5.34. The van der Waals surface area contributed by atoms with Crippen molar-refractivity contribution in [3.8, 4) is 0 Å². The second kappa shape index (κ2) is 4.93. The average molecular weight is 242 g/mol. The van der Waals surface area contributed by atoms with Crippen molar-refractivity contribution >= 4 is 17.3 Å². The summed E-state index contributed by atoms with van der Waals surface area (Å²) >= 11 is 1.63. The molecule has 0 aromatic carbocycles. The molecule has 0 aliphatic rings. The predicted octanol–water partition coefficient (Wildman–Crippen LogP) is 1.79. The summed E-state index contributed by atoms with van der Waals surface area (Å²) in [6.45, 7) is 6.14. The van der Waals surface area contributed by atoms with Crippen molar-refractivity contribution in [2.75, 3.05) is 13.6 Å². The fourth-order valence-electron chi connectivity index (χ4n) is 1.28. The summed E-state index contributed by atoms with van der Waals surface area (Å²) in [4.78, 5) is 18.3. The summed E-state index contributed by atoms with van der Waals surface area (Å²) in [5.41, 5.74) is 2.05. The molecule has 0 fully saturated rings. The van der Waals surface area contributed by atoms with Crippen LogP contribution in [0.5, 0.6) is 0 Å². The Hall–Kier alpha value is -0.940. The van der Waals surface area contributed by atoms with E-state index in [-0.39, 0.29) is 0 Å². The fourth-order valence-corrected chi connectivity index (χ4v) is 2.05. The third kappa shape index (κ3) is 2.80. The molecule has 1 rings (SSSR count). The third-order valence-electron chi connectivity index (χ3n) is 3.00. The number of carbonyl (C=O) groups is 1. The summed E-state index contributed by atoms with van der Waals surface area (Å²) in [6.07, 6.45) is 0.851. The van der Waals surface area contributed by atoms with Gasteiger partial charge in [-0.1, -0.05) is 0 Å². The van der Waals surface area contributed by atoms with Crippen LogP contribution in [0.25, 0.3) is 0 Å². The molecule has 0 unspecified atom stereocenters. The Morgan fingerprint density at radius 2 is 2.25 bits per heavy atom. The van der Waals surface area contributed by atoms with Gasteiger partial charge < -0.3 is 5.11 Å². The minimum atomic E-state index is -0.821. The summed E-state index contributed by atoms with van der Waals surface area (Å²) < 4.78 is 0. The monoisotopic (exact) mass is 242 g/mol. The van der Waals surface area contributed by atoms with Crippen molar-refractivity contribution in [3.63, 3.8) is 0 Å². The highest BCUT2D eigenvalue weighted by atomic mass is 32.1. The van der Waals surface area contributed by atoms with Crippen molar-refractivity contribution in [1.29, 1.82) is 0 Å². The lowest BCUT2D eigenvalue weighted by Crippen LogP contribution is -2.48.